The molecule has 158 valence electrons. The number of thiazole rings is 1. The van der Waals surface area contributed by atoms with Crippen molar-refractivity contribution in [2.24, 2.45) is 0 Å². The molecule has 0 saturated heterocycles. The molecule has 1 N–H and O–H groups in total. The Labute approximate surface area is 187 Å². The third kappa shape index (κ3) is 5.05. The van der Waals surface area contributed by atoms with E-state index in [0.29, 0.717) is 18.2 Å². The van der Waals surface area contributed by atoms with Gasteiger partial charge in [-0.1, -0.05) is 30.0 Å². The van der Waals surface area contributed by atoms with Gasteiger partial charge in [0, 0.05) is 22.7 Å². The minimum absolute atomic E-state index is 0.0629. The first-order valence-corrected chi connectivity index (χ1v) is 12.0. The van der Waals surface area contributed by atoms with Crippen LogP contribution in [0.1, 0.15) is 41.0 Å². The Morgan fingerprint density at radius 2 is 2.06 bits per heavy atom. The highest BCUT2D eigenvalue weighted by atomic mass is 32.2. The zero-order valence-electron chi connectivity index (χ0n) is 16.7. The zero-order chi connectivity index (χ0) is 21.0. The summed E-state index contributed by atoms with van der Waals surface area (Å²) in [5.41, 5.74) is 1.74. The molecule has 1 aromatic carbocycles. The molecule has 3 aromatic heterocycles. The standard InChI is InChI=1S/C22H21N5O2S2/c28-19(23-16-5-2-1-3-6-16)11-20-24-17(13-30-20)14-31-22-26-25-21(15-8-9-15)27(22)12-18-7-4-10-29-18/h1-7,10,13,15H,8-9,11-12,14H2,(H,23,28). The van der Waals surface area contributed by atoms with Crippen molar-refractivity contribution in [3.63, 3.8) is 0 Å². The van der Waals surface area contributed by atoms with Crippen LogP contribution in [0, 0.1) is 0 Å². The number of thioether (sulfide) groups is 1. The van der Waals surface area contributed by atoms with Gasteiger partial charge in [-0.25, -0.2) is 4.98 Å². The highest BCUT2D eigenvalue weighted by Gasteiger charge is 2.30. The number of carbonyl (C=O) groups excluding carboxylic acids is 1. The lowest BCUT2D eigenvalue weighted by molar-refractivity contribution is -0.115. The molecule has 4 aromatic rings. The smallest absolute Gasteiger partial charge is 0.231 e. The second-order valence-electron chi connectivity index (χ2n) is 7.39. The predicted molar refractivity (Wildman–Crippen MR) is 120 cm³/mol. The van der Waals surface area contributed by atoms with Crippen LogP contribution in [-0.2, 0) is 23.5 Å². The molecular formula is C22H21N5O2S2. The minimum Gasteiger partial charge on any atom is -0.467 e. The number of anilines is 1. The summed E-state index contributed by atoms with van der Waals surface area (Å²) in [6.45, 7) is 0.635. The van der Waals surface area contributed by atoms with E-state index in [2.05, 4.69) is 25.1 Å². The fourth-order valence-electron chi connectivity index (χ4n) is 3.26. The molecule has 1 amide bonds. The maximum Gasteiger partial charge on any atom is 0.231 e. The summed E-state index contributed by atoms with van der Waals surface area (Å²) in [7, 11) is 0. The van der Waals surface area contributed by atoms with Gasteiger partial charge in [0.15, 0.2) is 5.16 Å². The fourth-order valence-corrected chi connectivity index (χ4v) is 4.99. The van der Waals surface area contributed by atoms with E-state index in [0.717, 1.165) is 33.1 Å². The van der Waals surface area contributed by atoms with Crippen LogP contribution in [0.2, 0.25) is 0 Å². The molecule has 0 bridgehead atoms. The molecule has 7 nitrogen and oxygen atoms in total. The van der Waals surface area contributed by atoms with Gasteiger partial charge in [0.2, 0.25) is 5.91 Å². The number of hydrogen-bond donors (Lipinski definition) is 1. The monoisotopic (exact) mass is 451 g/mol. The van der Waals surface area contributed by atoms with E-state index < -0.39 is 0 Å². The third-order valence-corrected chi connectivity index (χ3v) is 6.80. The lowest BCUT2D eigenvalue weighted by Crippen LogP contribution is -2.14. The minimum atomic E-state index is -0.0629. The van der Waals surface area contributed by atoms with Gasteiger partial charge in [-0.15, -0.1) is 21.5 Å². The normalized spacial score (nSPS) is 13.4. The second-order valence-corrected chi connectivity index (χ2v) is 9.28. The molecule has 0 aliphatic heterocycles. The average molecular weight is 452 g/mol. The molecule has 3 heterocycles. The first-order chi connectivity index (χ1) is 15.2. The van der Waals surface area contributed by atoms with Gasteiger partial charge >= 0.3 is 0 Å². The molecule has 1 fully saturated rings. The lowest BCUT2D eigenvalue weighted by atomic mass is 10.3. The Kier molecular flexibility index (Phi) is 5.86. The number of hydrogen-bond acceptors (Lipinski definition) is 7. The van der Waals surface area contributed by atoms with Crippen LogP contribution in [0.25, 0.3) is 0 Å². The van der Waals surface area contributed by atoms with Crippen molar-refractivity contribution in [2.45, 2.75) is 42.6 Å². The SMILES string of the molecule is O=C(Cc1nc(CSc2nnc(C3CC3)n2Cc2ccco2)cs1)Nc1ccccc1. The highest BCUT2D eigenvalue weighted by Crippen LogP contribution is 2.40. The van der Waals surface area contributed by atoms with E-state index >= 15 is 0 Å². The van der Waals surface area contributed by atoms with Gasteiger partial charge in [0.25, 0.3) is 0 Å². The van der Waals surface area contributed by atoms with E-state index in [1.54, 1.807) is 18.0 Å². The Hall–Kier alpha value is -2.91. The number of nitrogens with one attached hydrogen (secondary N) is 1. The van der Waals surface area contributed by atoms with Crippen LogP contribution in [0.4, 0.5) is 5.69 Å². The summed E-state index contributed by atoms with van der Waals surface area (Å²) in [4.78, 5) is 16.9. The van der Waals surface area contributed by atoms with Crippen LogP contribution in [0.3, 0.4) is 0 Å². The zero-order valence-corrected chi connectivity index (χ0v) is 18.4. The van der Waals surface area contributed by atoms with Crippen molar-refractivity contribution in [3.05, 3.63) is 76.4 Å². The predicted octanol–water partition coefficient (Wildman–Crippen LogP) is 4.73. The summed E-state index contributed by atoms with van der Waals surface area (Å²) >= 11 is 3.12. The summed E-state index contributed by atoms with van der Waals surface area (Å²) < 4.78 is 7.68. The number of benzene rings is 1. The van der Waals surface area contributed by atoms with Gasteiger partial charge in [-0.2, -0.15) is 0 Å². The van der Waals surface area contributed by atoms with Crippen LogP contribution in [0.15, 0.2) is 63.7 Å². The Balaban J connectivity index is 1.21. The Morgan fingerprint density at radius 1 is 1.19 bits per heavy atom. The number of nitrogens with zero attached hydrogens (tertiary/aromatic N) is 4. The van der Waals surface area contributed by atoms with Crippen molar-refractivity contribution in [1.82, 2.24) is 19.7 Å². The number of rotatable bonds is 9. The average Bonchev–Trinajstić information content (AvgIpc) is 3.14. The number of furan rings is 1. The molecule has 1 aliphatic carbocycles. The first kappa shape index (κ1) is 20.0. The van der Waals surface area contributed by atoms with Crippen LogP contribution >= 0.6 is 23.1 Å². The van der Waals surface area contributed by atoms with E-state index in [4.69, 9.17) is 4.42 Å². The van der Waals surface area contributed by atoms with Gasteiger partial charge in [-0.05, 0) is 37.1 Å². The van der Waals surface area contributed by atoms with Crippen molar-refractivity contribution >= 4 is 34.7 Å². The summed E-state index contributed by atoms with van der Waals surface area (Å²) in [5, 5.41) is 15.4. The molecular weight excluding hydrogens is 430 g/mol. The highest BCUT2D eigenvalue weighted by molar-refractivity contribution is 7.98. The molecule has 0 radical (unpaired) electrons. The quantitative estimate of drug-likeness (QED) is 0.370. The number of para-hydroxylation sites is 1. The number of carbonyl (C=O) groups is 1. The van der Waals surface area contributed by atoms with E-state index in [9.17, 15) is 4.79 Å². The molecule has 5 rings (SSSR count). The molecule has 0 atom stereocenters. The third-order valence-electron chi connectivity index (χ3n) is 4.90. The number of aromatic nitrogens is 4. The second kappa shape index (κ2) is 9.07. The molecule has 1 aliphatic rings. The van der Waals surface area contributed by atoms with Crippen molar-refractivity contribution in [3.8, 4) is 0 Å². The summed E-state index contributed by atoms with van der Waals surface area (Å²) in [6.07, 6.45) is 4.29. The van der Waals surface area contributed by atoms with Gasteiger partial charge < -0.3 is 9.73 Å². The first-order valence-electron chi connectivity index (χ1n) is 10.1. The Morgan fingerprint density at radius 3 is 2.84 bits per heavy atom. The topological polar surface area (TPSA) is 85.8 Å². The lowest BCUT2D eigenvalue weighted by Gasteiger charge is -2.07. The number of amides is 1. The molecule has 1 saturated carbocycles. The summed E-state index contributed by atoms with van der Waals surface area (Å²) in [6, 6.07) is 13.3. The fraction of sp³-hybridized carbons (Fsp3) is 0.273. The van der Waals surface area contributed by atoms with E-state index in [1.165, 1.54) is 24.2 Å². The molecule has 0 spiro atoms. The van der Waals surface area contributed by atoms with Crippen molar-refractivity contribution in [1.29, 1.82) is 0 Å². The molecule has 0 unspecified atom stereocenters. The maximum atomic E-state index is 12.3. The van der Waals surface area contributed by atoms with Crippen LogP contribution < -0.4 is 5.32 Å². The van der Waals surface area contributed by atoms with Crippen molar-refractivity contribution in [2.75, 3.05) is 5.32 Å². The van der Waals surface area contributed by atoms with Crippen LogP contribution in [-0.4, -0.2) is 25.7 Å². The van der Waals surface area contributed by atoms with E-state index in [-0.39, 0.29) is 12.3 Å². The molecule has 31 heavy (non-hydrogen) atoms. The van der Waals surface area contributed by atoms with Gasteiger partial charge in [0.1, 0.15) is 16.6 Å². The maximum absolute atomic E-state index is 12.3. The summed E-state index contributed by atoms with van der Waals surface area (Å²) in [5.74, 6) is 3.05. The molecule has 9 heteroatoms. The largest absolute Gasteiger partial charge is 0.467 e. The Bertz CT molecular complexity index is 1150. The van der Waals surface area contributed by atoms with Gasteiger partial charge in [-0.3, -0.25) is 9.36 Å². The van der Waals surface area contributed by atoms with E-state index in [1.807, 2.05) is 47.8 Å². The van der Waals surface area contributed by atoms with Crippen LogP contribution in [0.5, 0.6) is 0 Å². The van der Waals surface area contributed by atoms with Gasteiger partial charge in [0.05, 0.1) is 24.9 Å². The van der Waals surface area contributed by atoms with Crippen molar-refractivity contribution < 1.29 is 9.21 Å².